The van der Waals surface area contributed by atoms with Gasteiger partial charge < -0.3 is 5.32 Å². The Balaban J connectivity index is 1.30. The second kappa shape index (κ2) is 7.84. The Morgan fingerprint density at radius 1 is 1.04 bits per heavy atom. The normalized spacial score (nSPS) is 30.5. The highest BCUT2D eigenvalue weighted by molar-refractivity contribution is 5.93. The van der Waals surface area contributed by atoms with Crippen LogP contribution in [0.3, 0.4) is 0 Å². The maximum atomic E-state index is 12.5. The second-order valence-corrected chi connectivity index (χ2v) is 9.52. The van der Waals surface area contributed by atoms with Crippen molar-refractivity contribution in [2.45, 2.75) is 83.2 Å². The third-order valence-electron chi connectivity index (χ3n) is 7.37. The molecule has 0 atom stereocenters. The van der Waals surface area contributed by atoms with Crippen molar-refractivity contribution in [3.63, 3.8) is 0 Å². The standard InChI is InChI=1S/C23H33N3O2/c1-3-19(4-2)20-5-7-26(8-6-20)15-21(27)24-22(28)25-23-12-16-9-17(13-23)11-18(10-16)14-23/h5-8,16-19H,3-4,9-15H2,1-2H3,(H-,24,25,27,28)/p+1. The molecule has 4 bridgehead atoms. The van der Waals surface area contributed by atoms with Crippen molar-refractivity contribution in [1.29, 1.82) is 0 Å². The molecule has 152 valence electrons. The number of carbonyl (C=O) groups excluding carboxylic acids is 2. The summed E-state index contributed by atoms with van der Waals surface area (Å²) in [5.41, 5.74) is 1.24. The molecule has 4 aliphatic rings. The lowest BCUT2D eigenvalue weighted by Gasteiger charge is -2.56. The number of aromatic nitrogens is 1. The second-order valence-electron chi connectivity index (χ2n) is 9.52. The Kier molecular flexibility index (Phi) is 5.44. The summed E-state index contributed by atoms with van der Waals surface area (Å²) in [4.78, 5) is 24.8. The molecule has 5 nitrogen and oxygen atoms in total. The summed E-state index contributed by atoms with van der Waals surface area (Å²) in [6.07, 6.45) is 13.4. The van der Waals surface area contributed by atoms with Crippen LogP contribution in [-0.4, -0.2) is 17.5 Å². The number of nitrogens with zero attached hydrogens (tertiary/aromatic N) is 1. The molecule has 5 rings (SSSR count). The van der Waals surface area contributed by atoms with E-state index >= 15 is 0 Å². The van der Waals surface area contributed by atoms with Crippen molar-refractivity contribution in [1.82, 2.24) is 10.6 Å². The number of amides is 3. The molecule has 5 heteroatoms. The number of rotatable bonds is 6. The van der Waals surface area contributed by atoms with Gasteiger partial charge in [-0.3, -0.25) is 10.1 Å². The average molecular weight is 385 g/mol. The summed E-state index contributed by atoms with van der Waals surface area (Å²) in [5.74, 6) is 2.61. The van der Waals surface area contributed by atoms with Crippen LogP contribution in [0.25, 0.3) is 0 Å². The van der Waals surface area contributed by atoms with Gasteiger partial charge in [0.05, 0.1) is 0 Å². The molecule has 1 aromatic rings. The minimum atomic E-state index is -0.318. The summed E-state index contributed by atoms with van der Waals surface area (Å²) in [5, 5.41) is 5.75. The van der Waals surface area contributed by atoms with Crippen molar-refractivity contribution in [3.8, 4) is 0 Å². The van der Waals surface area contributed by atoms with Gasteiger partial charge in [-0.2, -0.15) is 4.57 Å². The molecular formula is C23H34N3O2+. The monoisotopic (exact) mass is 384 g/mol. The Morgan fingerprint density at radius 2 is 1.57 bits per heavy atom. The van der Waals surface area contributed by atoms with E-state index < -0.39 is 0 Å². The summed E-state index contributed by atoms with van der Waals surface area (Å²) >= 11 is 0. The average Bonchev–Trinajstić information content (AvgIpc) is 2.62. The quantitative estimate of drug-likeness (QED) is 0.735. The number of hydrogen-bond donors (Lipinski definition) is 2. The fourth-order valence-corrected chi connectivity index (χ4v) is 6.47. The van der Waals surface area contributed by atoms with Gasteiger partial charge in [0.2, 0.25) is 6.54 Å². The first-order valence-electron chi connectivity index (χ1n) is 11.1. The smallest absolute Gasteiger partial charge is 0.322 e. The molecule has 1 heterocycles. The van der Waals surface area contributed by atoms with Crippen LogP contribution in [0.5, 0.6) is 0 Å². The van der Waals surface area contributed by atoms with Gasteiger partial charge in [-0.05, 0) is 80.6 Å². The van der Waals surface area contributed by atoms with Crippen LogP contribution in [0, 0.1) is 17.8 Å². The third-order valence-corrected chi connectivity index (χ3v) is 7.37. The van der Waals surface area contributed by atoms with E-state index in [2.05, 4.69) is 36.6 Å². The highest BCUT2D eigenvalue weighted by atomic mass is 16.2. The highest BCUT2D eigenvalue weighted by Crippen LogP contribution is 2.55. The fourth-order valence-electron chi connectivity index (χ4n) is 6.47. The van der Waals surface area contributed by atoms with E-state index in [4.69, 9.17) is 0 Å². The number of imide groups is 1. The Hall–Kier alpha value is -1.91. The lowest BCUT2D eigenvalue weighted by molar-refractivity contribution is -0.684. The largest absolute Gasteiger partial charge is 0.332 e. The van der Waals surface area contributed by atoms with Crippen molar-refractivity contribution in [2.24, 2.45) is 17.8 Å². The van der Waals surface area contributed by atoms with E-state index in [0.29, 0.717) is 5.92 Å². The highest BCUT2D eigenvalue weighted by Gasteiger charge is 2.51. The first-order valence-corrected chi connectivity index (χ1v) is 11.1. The molecule has 28 heavy (non-hydrogen) atoms. The number of pyridine rings is 1. The zero-order valence-corrected chi connectivity index (χ0v) is 17.2. The third kappa shape index (κ3) is 4.08. The molecule has 0 radical (unpaired) electrons. The van der Waals surface area contributed by atoms with Crippen LogP contribution in [-0.2, 0) is 11.3 Å². The first kappa shape index (κ1) is 19.4. The summed E-state index contributed by atoms with van der Waals surface area (Å²) in [6, 6.07) is 3.85. The van der Waals surface area contributed by atoms with Gasteiger partial charge in [0.15, 0.2) is 12.4 Å². The van der Waals surface area contributed by atoms with E-state index in [9.17, 15) is 9.59 Å². The molecule has 4 fully saturated rings. The van der Waals surface area contributed by atoms with Crippen molar-refractivity contribution in [3.05, 3.63) is 30.1 Å². The van der Waals surface area contributed by atoms with Crippen molar-refractivity contribution >= 4 is 11.9 Å². The molecule has 4 saturated carbocycles. The summed E-state index contributed by atoms with van der Waals surface area (Å²) in [6.45, 7) is 4.56. The maximum Gasteiger partial charge on any atom is 0.322 e. The van der Waals surface area contributed by atoms with Crippen LogP contribution < -0.4 is 15.2 Å². The first-order chi connectivity index (χ1) is 13.5. The molecule has 0 spiro atoms. The fraction of sp³-hybridized carbons (Fsp3) is 0.696. The Bertz CT molecular complexity index is 689. The van der Waals surface area contributed by atoms with Gasteiger partial charge in [-0.25, -0.2) is 4.79 Å². The zero-order valence-electron chi connectivity index (χ0n) is 17.2. The van der Waals surface area contributed by atoms with Gasteiger partial charge in [0, 0.05) is 17.7 Å². The van der Waals surface area contributed by atoms with E-state index in [-0.39, 0.29) is 24.0 Å². The molecule has 0 aromatic carbocycles. The van der Waals surface area contributed by atoms with E-state index in [1.165, 1.54) is 24.8 Å². The van der Waals surface area contributed by atoms with Crippen LogP contribution in [0.4, 0.5) is 4.79 Å². The molecule has 0 unspecified atom stereocenters. The summed E-state index contributed by atoms with van der Waals surface area (Å²) < 4.78 is 1.83. The van der Waals surface area contributed by atoms with E-state index in [1.54, 1.807) is 0 Å². The van der Waals surface area contributed by atoms with Gasteiger partial charge in [-0.15, -0.1) is 0 Å². The van der Waals surface area contributed by atoms with Crippen LogP contribution in [0.1, 0.15) is 76.7 Å². The lowest BCUT2D eigenvalue weighted by atomic mass is 9.53. The SMILES string of the molecule is CCC(CC)c1cc[n+](CC(=O)NC(=O)NC23CC4CC(CC(C4)C2)C3)cc1. The van der Waals surface area contributed by atoms with E-state index in [1.807, 2.05) is 17.0 Å². The topological polar surface area (TPSA) is 62.1 Å². The number of nitrogens with one attached hydrogen (secondary N) is 2. The minimum Gasteiger partial charge on any atom is -0.332 e. The molecule has 0 saturated heterocycles. The van der Waals surface area contributed by atoms with Crippen molar-refractivity contribution < 1.29 is 14.2 Å². The van der Waals surface area contributed by atoms with Gasteiger partial charge in [-0.1, -0.05) is 13.8 Å². The molecular weight excluding hydrogens is 350 g/mol. The van der Waals surface area contributed by atoms with Crippen LogP contribution in [0.2, 0.25) is 0 Å². The Morgan fingerprint density at radius 3 is 2.07 bits per heavy atom. The summed E-state index contributed by atoms with van der Waals surface area (Å²) in [7, 11) is 0. The molecule has 1 aromatic heterocycles. The molecule has 4 aliphatic carbocycles. The molecule has 2 N–H and O–H groups in total. The van der Waals surface area contributed by atoms with Crippen LogP contribution >= 0.6 is 0 Å². The van der Waals surface area contributed by atoms with Crippen molar-refractivity contribution in [2.75, 3.05) is 0 Å². The molecule has 0 aliphatic heterocycles. The number of carbonyl (C=O) groups is 2. The van der Waals surface area contributed by atoms with Gasteiger partial charge in [0.1, 0.15) is 0 Å². The lowest BCUT2D eigenvalue weighted by Crippen LogP contribution is -2.62. The zero-order chi connectivity index (χ0) is 19.7. The molecule has 3 amide bonds. The van der Waals surface area contributed by atoms with Gasteiger partial charge >= 0.3 is 6.03 Å². The van der Waals surface area contributed by atoms with E-state index in [0.717, 1.165) is 49.9 Å². The predicted octanol–water partition coefficient (Wildman–Crippen LogP) is 3.67. The predicted molar refractivity (Wildman–Crippen MR) is 108 cm³/mol. The van der Waals surface area contributed by atoms with Crippen LogP contribution in [0.15, 0.2) is 24.5 Å². The maximum absolute atomic E-state index is 12.5. The number of urea groups is 1. The minimum absolute atomic E-state index is 0.0662. The van der Waals surface area contributed by atoms with Gasteiger partial charge in [0.25, 0.3) is 5.91 Å². The Labute approximate surface area is 168 Å². The number of hydrogen-bond acceptors (Lipinski definition) is 2.